The first-order valence-corrected chi connectivity index (χ1v) is 6.98. The second-order valence-electron chi connectivity index (χ2n) is 4.41. The number of ether oxygens (including phenoxy) is 1. The van der Waals surface area contributed by atoms with E-state index in [0.29, 0.717) is 6.42 Å². The van der Waals surface area contributed by atoms with Crippen molar-refractivity contribution in [3.8, 4) is 5.75 Å². The minimum Gasteiger partial charge on any atom is -0.494 e. The van der Waals surface area contributed by atoms with E-state index in [1.807, 2.05) is 30.3 Å². The van der Waals surface area contributed by atoms with Crippen LogP contribution < -0.4 is 16.0 Å². The third-order valence-corrected chi connectivity index (χ3v) is 3.93. The minimum absolute atomic E-state index is 0.172. The van der Waals surface area contributed by atoms with Crippen LogP contribution in [0.4, 0.5) is 4.39 Å². The van der Waals surface area contributed by atoms with Crippen molar-refractivity contribution >= 4 is 15.9 Å². The monoisotopic (exact) mass is 338 g/mol. The molecule has 1 unspecified atom stereocenters. The molecule has 3 nitrogen and oxygen atoms in total. The molecule has 20 heavy (non-hydrogen) atoms. The predicted octanol–water partition coefficient (Wildman–Crippen LogP) is 3.34. The summed E-state index contributed by atoms with van der Waals surface area (Å²) in [6.45, 7) is 0. The molecular formula is C15H16BrFN2O. The van der Waals surface area contributed by atoms with Crippen molar-refractivity contribution in [3.63, 3.8) is 0 Å². The summed E-state index contributed by atoms with van der Waals surface area (Å²) in [7, 11) is 1.44. The van der Waals surface area contributed by atoms with Gasteiger partial charge in [-0.1, -0.05) is 40.2 Å². The Balaban J connectivity index is 2.24. The van der Waals surface area contributed by atoms with E-state index in [9.17, 15) is 4.39 Å². The molecule has 0 heterocycles. The maximum atomic E-state index is 13.8. The molecular weight excluding hydrogens is 323 g/mol. The highest BCUT2D eigenvalue weighted by molar-refractivity contribution is 9.10. The highest BCUT2D eigenvalue weighted by atomic mass is 79.9. The van der Waals surface area contributed by atoms with E-state index in [2.05, 4.69) is 21.4 Å². The molecule has 0 saturated heterocycles. The van der Waals surface area contributed by atoms with Crippen LogP contribution in [0.25, 0.3) is 0 Å². The molecule has 2 aromatic rings. The summed E-state index contributed by atoms with van der Waals surface area (Å²) in [6.07, 6.45) is 0.656. The second-order valence-corrected chi connectivity index (χ2v) is 5.26. The Bertz CT molecular complexity index is 592. The number of hydrazine groups is 1. The molecule has 0 radical (unpaired) electrons. The van der Waals surface area contributed by atoms with Gasteiger partial charge in [-0.3, -0.25) is 11.3 Å². The van der Waals surface area contributed by atoms with Gasteiger partial charge < -0.3 is 4.74 Å². The van der Waals surface area contributed by atoms with Gasteiger partial charge in [0.15, 0.2) is 11.6 Å². The van der Waals surface area contributed by atoms with Gasteiger partial charge in [0.25, 0.3) is 0 Å². The number of hydrogen-bond acceptors (Lipinski definition) is 3. The largest absolute Gasteiger partial charge is 0.494 e. The summed E-state index contributed by atoms with van der Waals surface area (Å²) >= 11 is 3.50. The number of rotatable bonds is 5. The molecule has 0 fully saturated rings. The fraction of sp³-hybridized carbons (Fsp3) is 0.200. The SMILES string of the molecule is COc1ccc(C(Cc2ccccc2Br)NN)cc1F. The van der Waals surface area contributed by atoms with Gasteiger partial charge in [-0.2, -0.15) is 0 Å². The molecule has 2 rings (SSSR count). The zero-order valence-corrected chi connectivity index (χ0v) is 12.7. The van der Waals surface area contributed by atoms with Gasteiger partial charge >= 0.3 is 0 Å². The average molecular weight is 339 g/mol. The van der Waals surface area contributed by atoms with Crippen molar-refractivity contribution in [1.82, 2.24) is 5.43 Å². The van der Waals surface area contributed by atoms with Crippen LogP contribution in [0.5, 0.6) is 5.75 Å². The quantitative estimate of drug-likeness (QED) is 0.649. The summed E-state index contributed by atoms with van der Waals surface area (Å²) < 4.78 is 19.7. The van der Waals surface area contributed by atoms with Crippen LogP contribution in [0.15, 0.2) is 46.9 Å². The van der Waals surface area contributed by atoms with Gasteiger partial charge in [0.05, 0.1) is 13.2 Å². The van der Waals surface area contributed by atoms with Crippen molar-refractivity contribution < 1.29 is 9.13 Å². The molecule has 1 atom stereocenters. The maximum Gasteiger partial charge on any atom is 0.165 e. The van der Waals surface area contributed by atoms with Gasteiger partial charge in [0, 0.05) is 4.47 Å². The van der Waals surface area contributed by atoms with Gasteiger partial charge in [-0.25, -0.2) is 4.39 Å². The van der Waals surface area contributed by atoms with Crippen molar-refractivity contribution in [1.29, 1.82) is 0 Å². The zero-order chi connectivity index (χ0) is 14.5. The van der Waals surface area contributed by atoms with E-state index in [-0.39, 0.29) is 11.8 Å². The number of hydrogen-bond donors (Lipinski definition) is 2. The second kappa shape index (κ2) is 6.83. The molecule has 0 aliphatic rings. The fourth-order valence-corrected chi connectivity index (χ4v) is 2.50. The molecule has 0 aromatic heterocycles. The molecule has 0 aliphatic carbocycles. The lowest BCUT2D eigenvalue weighted by Gasteiger charge is -2.18. The van der Waals surface area contributed by atoms with Gasteiger partial charge in [-0.15, -0.1) is 0 Å². The predicted molar refractivity (Wildman–Crippen MR) is 80.9 cm³/mol. The van der Waals surface area contributed by atoms with Crippen molar-refractivity contribution in [3.05, 3.63) is 63.9 Å². The Morgan fingerprint density at radius 1 is 1.30 bits per heavy atom. The molecule has 0 amide bonds. The normalized spacial score (nSPS) is 12.2. The van der Waals surface area contributed by atoms with Crippen LogP contribution in [0, 0.1) is 5.82 Å². The number of benzene rings is 2. The Hall–Kier alpha value is -1.43. The lowest BCUT2D eigenvalue weighted by Crippen LogP contribution is -2.29. The molecule has 0 spiro atoms. The van der Waals surface area contributed by atoms with Crippen molar-refractivity contribution in [2.45, 2.75) is 12.5 Å². The number of nitrogens with two attached hydrogens (primary N) is 1. The summed E-state index contributed by atoms with van der Waals surface area (Å²) in [5, 5.41) is 0. The van der Waals surface area contributed by atoms with Crippen LogP contribution in [0.3, 0.4) is 0 Å². The summed E-state index contributed by atoms with van der Waals surface area (Å²) in [5.41, 5.74) is 4.61. The molecule has 2 aromatic carbocycles. The maximum absolute atomic E-state index is 13.8. The molecule has 0 aliphatic heterocycles. The fourth-order valence-electron chi connectivity index (χ4n) is 2.06. The van der Waals surface area contributed by atoms with Crippen LogP contribution in [0.1, 0.15) is 17.2 Å². The first-order chi connectivity index (χ1) is 9.65. The van der Waals surface area contributed by atoms with E-state index in [4.69, 9.17) is 10.6 Å². The van der Waals surface area contributed by atoms with E-state index in [0.717, 1.165) is 15.6 Å². The standard InChI is InChI=1S/C15H16BrFN2O/c1-20-15-7-6-11(8-13(15)17)14(19-18)9-10-4-2-3-5-12(10)16/h2-8,14,19H,9,18H2,1H3. The molecule has 0 saturated carbocycles. The average Bonchev–Trinajstić information content (AvgIpc) is 2.46. The number of nitrogens with one attached hydrogen (secondary N) is 1. The summed E-state index contributed by atoms with van der Waals surface area (Å²) in [5.74, 6) is 5.44. The summed E-state index contributed by atoms with van der Waals surface area (Å²) in [6, 6.07) is 12.6. The lowest BCUT2D eigenvalue weighted by atomic mass is 9.99. The van der Waals surface area contributed by atoms with E-state index in [1.165, 1.54) is 13.2 Å². The van der Waals surface area contributed by atoms with Crippen LogP contribution in [-0.2, 0) is 6.42 Å². The van der Waals surface area contributed by atoms with Gasteiger partial charge in [0.2, 0.25) is 0 Å². The number of methoxy groups -OCH3 is 1. The van der Waals surface area contributed by atoms with Crippen LogP contribution in [-0.4, -0.2) is 7.11 Å². The highest BCUT2D eigenvalue weighted by Gasteiger charge is 2.14. The van der Waals surface area contributed by atoms with Crippen LogP contribution >= 0.6 is 15.9 Å². The Kier molecular flexibility index (Phi) is 5.11. The van der Waals surface area contributed by atoms with Gasteiger partial charge in [-0.05, 0) is 35.7 Å². The molecule has 0 bridgehead atoms. The molecule has 106 valence electrons. The Morgan fingerprint density at radius 3 is 2.65 bits per heavy atom. The molecule has 5 heteroatoms. The Labute approximate surface area is 126 Å². The van der Waals surface area contributed by atoms with Crippen molar-refractivity contribution in [2.24, 2.45) is 5.84 Å². The zero-order valence-electron chi connectivity index (χ0n) is 11.1. The highest BCUT2D eigenvalue weighted by Crippen LogP contribution is 2.26. The van der Waals surface area contributed by atoms with E-state index in [1.54, 1.807) is 6.07 Å². The Morgan fingerprint density at radius 2 is 2.05 bits per heavy atom. The third kappa shape index (κ3) is 3.36. The number of halogens is 2. The minimum atomic E-state index is -0.391. The topological polar surface area (TPSA) is 47.3 Å². The van der Waals surface area contributed by atoms with Crippen LogP contribution in [0.2, 0.25) is 0 Å². The smallest absolute Gasteiger partial charge is 0.165 e. The third-order valence-electron chi connectivity index (χ3n) is 3.16. The van der Waals surface area contributed by atoms with E-state index < -0.39 is 5.82 Å². The first-order valence-electron chi connectivity index (χ1n) is 6.18. The van der Waals surface area contributed by atoms with E-state index >= 15 is 0 Å². The summed E-state index contributed by atoms with van der Waals surface area (Å²) in [4.78, 5) is 0. The lowest BCUT2D eigenvalue weighted by molar-refractivity contribution is 0.385. The molecule has 3 N–H and O–H groups in total. The van der Waals surface area contributed by atoms with Gasteiger partial charge in [0.1, 0.15) is 0 Å². The van der Waals surface area contributed by atoms with Crippen molar-refractivity contribution in [2.75, 3.05) is 7.11 Å². The first kappa shape index (κ1) is 15.0.